The Morgan fingerprint density at radius 3 is 2.56 bits per heavy atom. The van der Waals surface area contributed by atoms with Gasteiger partial charge < -0.3 is 9.64 Å². The van der Waals surface area contributed by atoms with E-state index < -0.39 is 0 Å². The Labute approximate surface area is 109 Å². The van der Waals surface area contributed by atoms with Gasteiger partial charge in [-0.1, -0.05) is 0 Å². The molecule has 0 atom stereocenters. The Kier molecular flexibility index (Phi) is 5.41. The summed E-state index contributed by atoms with van der Waals surface area (Å²) in [6, 6.07) is 0. The van der Waals surface area contributed by atoms with E-state index in [4.69, 9.17) is 4.74 Å². The van der Waals surface area contributed by atoms with Gasteiger partial charge in [-0.25, -0.2) is 5.01 Å². The lowest BCUT2D eigenvalue weighted by atomic mass is 9.95. The lowest BCUT2D eigenvalue weighted by molar-refractivity contribution is -0.127. The Balaban J connectivity index is 1.59. The first kappa shape index (κ1) is 13.8. The van der Waals surface area contributed by atoms with Crippen molar-refractivity contribution in [3.05, 3.63) is 0 Å². The van der Waals surface area contributed by atoms with Crippen LogP contribution in [0.3, 0.4) is 0 Å². The third-order valence-electron chi connectivity index (χ3n) is 3.91. The van der Waals surface area contributed by atoms with Gasteiger partial charge in [0, 0.05) is 45.8 Å². The van der Waals surface area contributed by atoms with Crippen LogP contribution >= 0.6 is 0 Å². The number of amides is 1. The molecule has 0 saturated carbocycles. The van der Waals surface area contributed by atoms with Gasteiger partial charge >= 0.3 is 0 Å². The minimum absolute atomic E-state index is 0.172. The van der Waals surface area contributed by atoms with E-state index in [1.807, 2.05) is 5.01 Å². The highest BCUT2D eigenvalue weighted by Gasteiger charge is 2.18. The first-order valence-corrected chi connectivity index (χ1v) is 7.05. The van der Waals surface area contributed by atoms with E-state index in [9.17, 15) is 4.79 Å². The lowest BCUT2D eigenvalue weighted by Gasteiger charge is -2.32. The summed E-state index contributed by atoms with van der Waals surface area (Å²) in [5, 5.41) is 2.05. The zero-order valence-corrected chi connectivity index (χ0v) is 11.4. The Hall–Kier alpha value is -0.650. The van der Waals surface area contributed by atoms with E-state index in [0.29, 0.717) is 12.3 Å². The number of hydrogen-bond donors (Lipinski definition) is 1. The molecular formula is C13H25N3O2. The van der Waals surface area contributed by atoms with Gasteiger partial charge in [0.05, 0.1) is 0 Å². The van der Waals surface area contributed by atoms with E-state index >= 15 is 0 Å². The minimum Gasteiger partial charge on any atom is -0.381 e. The van der Waals surface area contributed by atoms with Crippen molar-refractivity contribution in [3.8, 4) is 0 Å². The zero-order chi connectivity index (χ0) is 12.8. The van der Waals surface area contributed by atoms with Crippen molar-refractivity contribution >= 4 is 5.91 Å². The van der Waals surface area contributed by atoms with E-state index in [1.165, 1.54) is 0 Å². The molecule has 0 spiro atoms. The summed E-state index contributed by atoms with van der Waals surface area (Å²) in [5.74, 6) is 0.850. The van der Waals surface area contributed by atoms with Crippen molar-refractivity contribution in [2.75, 3.05) is 46.4 Å². The first-order chi connectivity index (χ1) is 8.74. The Morgan fingerprint density at radius 2 is 1.89 bits per heavy atom. The summed E-state index contributed by atoms with van der Waals surface area (Å²) in [6.07, 6.45) is 3.88. The molecule has 0 unspecified atom stereocenters. The van der Waals surface area contributed by atoms with E-state index in [2.05, 4.69) is 17.4 Å². The third kappa shape index (κ3) is 4.55. The maximum Gasteiger partial charge on any atom is 0.234 e. The van der Waals surface area contributed by atoms with Crippen LogP contribution in [-0.2, 0) is 9.53 Å². The number of carbonyl (C=O) groups excluding carboxylic acids is 1. The first-order valence-electron chi connectivity index (χ1n) is 7.05. The topological polar surface area (TPSA) is 44.8 Å². The zero-order valence-electron chi connectivity index (χ0n) is 11.4. The molecule has 18 heavy (non-hydrogen) atoms. The van der Waals surface area contributed by atoms with Crippen LogP contribution < -0.4 is 5.43 Å². The number of hydrogen-bond acceptors (Lipinski definition) is 4. The number of nitrogens with one attached hydrogen (secondary N) is 1. The fraction of sp³-hybridized carbons (Fsp3) is 0.923. The molecule has 2 rings (SSSR count). The van der Waals surface area contributed by atoms with Crippen molar-refractivity contribution < 1.29 is 9.53 Å². The fourth-order valence-corrected chi connectivity index (χ4v) is 2.52. The normalized spacial score (nSPS) is 24.1. The molecule has 1 amide bonds. The maximum atomic E-state index is 11.8. The minimum atomic E-state index is 0.172. The molecular weight excluding hydrogens is 230 g/mol. The molecule has 0 aromatic rings. The molecule has 0 radical (unpaired) electrons. The Morgan fingerprint density at radius 1 is 1.22 bits per heavy atom. The second-order valence-electron chi connectivity index (χ2n) is 5.42. The highest BCUT2D eigenvalue weighted by molar-refractivity contribution is 5.75. The van der Waals surface area contributed by atoms with Gasteiger partial charge in [0.1, 0.15) is 0 Å². The molecule has 1 N–H and O–H groups in total. The van der Waals surface area contributed by atoms with E-state index in [1.54, 1.807) is 0 Å². The number of carbonyl (C=O) groups is 1. The highest BCUT2D eigenvalue weighted by Crippen LogP contribution is 2.19. The number of rotatable bonds is 4. The summed E-state index contributed by atoms with van der Waals surface area (Å²) in [7, 11) is 2.12. The summed E-state index contributed by atoms with van der Waals surface area (Å²) in [5.41, 5.74) is 3.02. The molecule has 104 valence electrons. The molecule has 0 aliphatic carbocycles. The van der Waals surface area contributed by atoms with Gasteiger partial charge in [-0.2, -0.15) is 0 Å². The monoisotopic (exact) mass is 255 g/mol. The molecule has 2 fully saturated rings. The lowest BCUT2D eigenvalue weighted by Crippen LogP contribution is -2.52. The van der Waals surface area contributed by atoms with Crippen LogP contribution in [0.1, 0.15) is 25.7 Å². The molecule has 0 aromatic carbocycles. The summed E-state index contributed by atoms with van der Waals surface area (Å²) in [4.78, 5) is 14.1. The van der Waals surface area contributed by atoms with Crippen LogP contribution in [0.5, 0.6) is 0 Å². The molecule has 2 heterocycles. The molecule has 2 saturated heterocycles. The van der Waals surface area contributed by atoms with E-state index in [-0.39, 0.29) is 5.91 Å². The van der Waals surface area contributed by atoms with Crippen LogP contribution in [0, 0.1) is 5.92 Å². The number of likely N-dealkylation sites (N-methyl/N-ethyl adjacent to an activating group) is 1. The molecule has 2 aliphatic rings. The van der Waals surface area contributed by atoms with Gasteiger partial charge in [-0.15, -0.1) is 0 Å². The SMILES string of the molecule is CN1CCN(NC(=O)CCC2CCOCC2)CC1. The van der Waals surface area contributed by atoms with Gasteiger partial charge in [0.25, 0.3) is 0 Å². The Bertz CT molecular complexity index is 259. The smallest absolute Gasteiger partial charge is 0.234 e. The van der Waals surface area contributed by atoms with Gasteiger partial charge in [0.2, 0.25) is 5.91 Å². The summed E-state index contributed by atoms with van der Waals surface area (Å²) in [6.45, 7) is 5.65. The van der Waals surface area contributed by atoms with E-state index in [0.717, 1.165) is 58.7 Å². The largest absolute Gasteiger partial charge is 0.381 e. The maximum absolute atomic E-state index is 11.8. The van der Waals surface area contributed by atoms with Crippen LogP contribution in [0.15, 0.2) is 0 Å². The molecule has 0 aromatic heterocycles. The van der Waals surface area contributed by atoms with Crippen LogP contribution in [0.4, 0.5) is 0 Å². The average Bonchev–Trinajstić information content (AvgIpc) is 2.40. The fourth-order valence-electron chi connectivity index (χ4n) is 2.52. The quantitative estimate of drug-likeness (QED) is 0.793. The van der Waals surface area contributed by atoms with Crippen molar-refractivity contribution in [1.29, 1.82) is 0 Å². The summed E-state index contributed by atoms with van der Waals surface area (Å²) >= 11 is 0. The molecule has 5 heteroatoms. The van der Waals surface area contributed by atoms with Crippen LogP contribution in [-0.4, -0.2) is 62.3 Å². The number of hydrazine groups is 1. The number of ether oxygens (including phenoxy) is 1. The van der Waals surface area contributed by atoms with Gasteiger partial charge in [-0.05, 0) is 32.2 Å². The number of nitrogens with zero attached hydrogens (tertiary/aromatic N) is 2. The standard InChI is InChI=1S/C13H25N3O2/c1-15-6-8-16(9-7-15)14-13(17)3-2-12-4-10-18-11-5-12/h12H,2-11H2,1H3,(H,14,17). The predicted octanol–water partition coefficient (Wildman–Crippen LogP) is 0.472. The second-order valence-corrected chi connectivity index (χ2v) is 5.42. The number of piperazine rings is 1. The van der Waals surface area contributed by atoms with Crippen molar-refractivity contribution in [1.82, 2.24) is 15.3 Å². The van der Waals surface area contributed by atoms with Crippen LogP contribution in [0.25, 0.3) is 0 Å². The van der Waals surface area contributed by atoms with Crippen molar-refractivity contribution in [3.63, 3.8) is 0 Å². The third-order valence-corrected chi connectivity index (χ3v) is 3.91. The molecule has 5 nitrogen and oxygen atoms in total. The van der Waals surface area contributed by atoms with Crippen LogP contribution in [0.2, 0.25) is 0 Å². The van der Waals surface area contributed by atoms with Crippen molar-refractivity contribution in [2.45, 2.75) is 25.7 Å². The van der Waals surface area contributed by atoms with Crippen molar-refractivity contribution in [2.24, 2.45) is 5.92 Å². The van der Waals surface area contributed by atoms with Gasteiger partial charge in [0.15, 0.2) is 0 Å². The predicted molar refractivity (Wildman–Crippen MR) is 70.0 cm³/mol. The second kappa shape index (κ2) is 7.07. The highest BCUT2D eigenvalue weighted by atomic mass is 16.5. The average molecular weight is 255 g/mol. The summed E-state index contributed by atoms with van der Waals surface area (Å²) < 4.78 is 5.32. The van der Waals surface area contributed by atoms with Gasteiger partial charge in [-0.3, -0.25) is 10.2 Å². The molecule has 0 bridgehead atoms. The molecule has 2 aliphatic heterocycles.